The van der Waals surface area contributed by atoms with E-state index in [1.165, 1.54) is 0 Å². The van der Waals surface area contributed by atoms with Gasteiger partial charge in [-0.15, -0.1) is 0 Å². The van der Waals surface area contributed by atoms with Crippen LogP contribution in [0.15, 0.2) is 10.6 Å². The van der Waals surface area contributed by atoms with E-state index in [2.05, 4.69) is 43.0 Å². The van der Waals surface area contributed by atoms with Crippen molar-refractivity contribution < 1.29 is 4.52 Å². The topological polar surface area (TPSA) is 71.2 Å². The zero-order chi connectivity index (χ0) is 17.1. The van der Waals surface area contributed by atoms with Gasteiger partial charge in [-0.25, -0.2) is 9.97 Å². The molecule has 0 amide bonds. The van der Waals surface area contributed by atoms with Gasteiger partial charge in [0.2, 0.25) is 5.89 Å². The SMILES string of the molecule is CCc1noc(CN(C)C2CCN(c3cc(C)nc(C)n3)CC2)n1. The Balaban J connectivity index is 1.56. The predicted octanol–water partition coefficient (Wildman–Crippen LogP) is 2.14. The lowest BCUT2D eigenvalue weighted by Gasteiger charge is -2.36. The lowest BCUT2D eigenvalue weighted by molar-refractivity contribution is 0.177. The zero-order valence-electron chi connectivity index (χ0n) is 15.0. The molecule has 1 fully saturated rings. The van der Waals surface area contributed by atoms with E-state index in [9.17, 15) is 0 Å². The summed E-state index contributed by atoms with van der Waals surface area (Å²) in [5.74, 6) is 3.37. The average Bonchev–Trinajstić information content (AvgIpc) is 3.01. The fourth-order valence-corrected chi connectivity index (χ4v) is 3.24. The Bertz CT molecular complexity index is 657. The van der Waals surface area contributed by atoms with Crippen LogP contribution in [-0.4, -0.2) is 51.2 Å². The largest absolute Gasteiger partial charge is 0.356 e. The number of anilines is 1. The quantitative estimate of drug-likeness (QED) is 0.831. The molecule has 3 heterocycles. The second kappa shape index (κ2) is 7.25. The van der Waals surface area contributed by atoms with E-state index in [-0.39, 0.29) is 0 Å². The molecule has 0 bridgehead atoms. The molecule has 1 aliphatic heterocycles. The Kier molecular flexibility index (Phi) is 5.08. The molecule has 130 valence electrons. The van der Waals surface area contributed by atoms with Gasteiger partial charge in [0.1, 0.15) is 11.6 Å². The van der Waals surface area contributed by atoms with Crippen molar-refractivity contribution in [3.05, 3.63) is 29.3 Å². The molecular weight excluding hydrogens is 304 g/mol. The molecule has 7 heteroatoms. The number of nitrogens with zero attached hydrogens (tertiary/aromatic N) is 6. The third kappa shape index (κ3) is 3.90. The maximum atomic E-state index is 5.30. The maximum absolute atomic E-state index is 5.30. The van der Waals surface area contributed by atoms with Crippen LogP contribution in [0.2, 0.25) is 0 Å². The fourth-order valence-electron chi connectivity index (χ4n) is 3.24. The molecule has 0 atom stereocenters. The summed E-state index contributed by atoms with van der Waals surface area (Å²) < 4.78 is 5.30. The van der Waals surface area contributed by atoms with Crippen LogP contribution in [0.1, 0.15) is 43.0 Å². The summed E-state index contributed by atoms with van der Waals surface area (Å²) in [5.41, 5.74) is 1.03. The first-order chi connectivity index (χ1) is 11.5. The summed E-state index contributed by atoms with van der Waals surface area (Å²) in [6.07, 6.45) is 3.02. The van der Waals surface area contributed by atoms with Crippen molar-refractivity contribution in [2.45, 2.75) is 52.6 Å². The van der Waals surface area contributed by atoms with Gasteiger partial charge in [0, 0.05) is 37.3 Å². The van der Waals surface area contributed by atoms with Crippen molar-refractivity contribution in [1.29, 1.82) is 0 Å². The average molecular weight is 330 g/mol. The van der Waals surface area contributed by atoms with Crippen molar-refractivity contribution in [3.8, 4) is 0 Å². The molecule has 24 heavy (non-hydrogen) atoms. The third-order valence-electron chi connectivity index (χ3n) is 4.58. The van der Waals surface area contributed by atoms with Gasteiger partial charge >= 0.3 is 0 Å². The van der Waals surface area contributed by atoms with Gasteiger partial charge in [0.25, 0.3) is 0 Å². The van der Waals surface area contributed by atoms with E-state index in [1.807, 2.05) is 20.8 Å². The van der Waals surface area contributed by atoms with E-state index >= 15 is 0 Å². The Labute approximate surface area is 143 Å². The minimum absolute atomic E-state index is 0.530. The number of piperidine rings is 1. The molecule has 0 N–H and O–H groups in total. The zero-order valence-corrected chi connectivity index (χ0v) is 15.0. The summed E-state index contributed by atoms with van der Waals surface area (Å²) in [6.45, 7) is 8.73. The fraction of sp³-hybridized carbons (Fsp3) is 0.647. The molecule has 0 aromatic carbocycles. The smallest absolute Gasteiger partial charge is 0.240 e. The van der Waals surface area contributed by atoms with Crippen LogP contribution in [-0.2, 0) is 13.0 Å². The summed E-state index contributed by atoms with van der Waals surface area (Å²) in [6, 6.07) is 2.60. The highest BCUT2D eigenvalue weighted by Gasteiger charge is 2.24. The summed E-state index contributed by atoms with van der Waals surface area (Å²) in [7, 11) is 2.13. The highest BCUT2D eigenvalue weighted by atomic mass is 16.5. The number of aromatic nitrogens is 4. The molecule has 2 aromatic rings. The second-order valence-corrected chi connectivity index (χ2v) is 6.51. The Morgan fingerprint density at radius 3 is 2.58 bits per heavy atom. The van der Waals surface area contributed by atoms with E-state index < -0.39 is 0 Å². The molecule has 1 aliphatic rings. The van der Waals surface area contributed by atoms with Crippen molar-refractivity contribution in [1.82, 2.24) is 25.0 Å². The molecule has 0 saturated carbocycles. The Morgan fingerprint density at radius 1 is 1.21 bits per heavy atom. The van der Waals surface area contributed by atoms with Gasteiger partial charge in [-0.3, -0.25) is 4.90 Å². The van der Waals surface area contributed by atoms with Crippen LogP contribution in [0.25, 0.3) is 0 Å². The first-order valence-corrected chi connectivity index (χ1v) is 8.64. The highest BCUT2D eigenvalue weighted by molar-refractivity contribution is 5.40. The molecule has 7 nitrogen and oxygen atoms in total. The van der Waals surface area contributed by atoms with Crippen LogP contribution >= 0.6 is 0 Å². The third-order valence-corrected chi connectivity index (χ3v) is 4.58. The summed E-state index contributed by atoms with van der Waals surface area (Å²) in [5, 5.41) is 3.97. The Morgan fingerprint density at radius 2 is 1.96 bits per heavy atom. The molecule has 1 saturated heterocycles. The van der Waals surface area contributed by atoms with E-state index in [0.29, 0.717) is 18.5 Å². The van der Waals surface area contributed by atoms with Crippen molar-refractivity contribution in [2.24, 2.45) is 0 Å². The monoisotopic (exact) mass is 330 g/mol. The van der Waals surface area contributed by atoms with Gasteiger partial charge in [-0.2, -0.15) is 4.98 Å². The minimum atomic E-state index is 0.530. The number of hydrogen-bond donors (Lipinski definition) is 0. The molecule has 0 radical (unpaired) electrons. The van der Waals surface area contributed by atoms with Gasteiger partial charge in [-0.1, -0.05) is 12.1 Å². The van der Waals surface area contributed by atoms with Gasteiger partial charge in [0.15, 0.2) is 5.82 Å². The molecular formula is C17H26N6O. The van der Waals surface area contributed by atoms with Crippen LogP contribution < -0.4 is 4.90 Å². The number of rotatable bonds is 5. The maximum Gasteiger partial charge on any atom is 0.240 e. The normalized spacial score (nSPS) is 16.1. The lowest BCUT2D eigenvalue weighted by Crippen LogP contribution is -2.43. The first kappa shape index (κ1) is 16.8. The summed E-state index contributed by atoms with van der Waals surface area (Å²) >= 11 is 0. The molecule has 3 rings (SSSR count). The number of hydrogen-bond acceptors (Lipinski definition) is 7. The van der Waals surface area contributed by atoms with E-state index in [1.54, 1.807) is 0 Å². The first-order valence-electron chi connectivity index (χ1n) is 8.64. The number of aryl methyl sites for hydroxylation is 3. The van der Waals surface area contributed by atoms with Crippen LogP contribution in [0.3, 0.4) is 0 Å². The highest BCUT2D eigenvalue weighted by Crippen LogP contribution is 2.22. The molecule has 0 unspecified atom stereocenters. The van der Waals surface area contributed by atoms with Gasteiger partial charge < -0.3 is 9.42 Å². The van der Waals surface area contributed by atoms with Crippen LogP contribution in [0.5, 0.6) is 0 Å². The second-order valence-electron chi connectivity index (χ2n) is 6.51. The Hall–Kier alpha value is -2.02. The minimum Gasteiger partial charge on any atom is -0.356 e. The van der Waals surface area contributed by atoms with E-state index in [0.717, 1.165) is 55.5 Å². The van der Waals surface area contributed by atoms with Gasteiger partial charge in [-0.05, 0) is 33.7 Å². The molecule has 2 aromatic heterocycles. The lowest BCUT2D eigenvalue weighted by atomic mass is 10.0. The molecule has 0 spiro atoms. The predicted molar refractivity (Wildman–Crippen MR) is 91.9 cm³/mol. The standard InChI is InChI=1S/C17H26N6O/c1-5-15-20-17(24-21-15)11-22(4)14-6-8-23(9-7-14)16-10-12(2)18-13(3)19-16/h10,14H,5-9,11H2,1-4H3. The van der Waals surface area contributed by atoms with Crippen molar-refractivity contribution >= 4 is 5.82 Å². The molecule has 0 aliphatic carbocycles. The van der Waals surface area contributed by atoms with Crippen molar-refractivity contribution in [3.63, 3.8) is 0 Å². The summed E-state index contributed by atoms with van der Waals surface area (Å²) in [4.78, 5) is 18.0. The van der Waals surface area contributed by atoms with Gasteiger partial charge in [0.05, 0.1) is 6.54 Å². The van der Waals surface area contributed by atoms with Crippen LogP contribution in [0.4, 0.5) is 5.82 Å². The van der Waals surface area contributed by atoms with Crippen LogP contribution in [0, 0.1) is 13.8 Å². The van der Waals surface area contributed by atoms with E-state index in [4.69, 9.17) is 4.52 Å². The van der Waals surface area contributed by atoms with Crippen molar-refractivity contribution in [2.75, 3.05) is 25.0 Å².